The van der Waals surface area contributed by atoms with Crippen LogP contribution in [0.15, 0.2) is 47.5 Å². The number of para-hydroxylation sites is 1. The molecule has 1 heterocycles. The fourth-order valence-electron chi connectivity index (χ4n) is 2.75. The van der Waals surface area contributed by atoms with Crippen molar-refractivity contribution < 1.29 is 23.8 Å². The predicted octanol–water partition coefficient (Wildman–Crippen LogP) is 3.02. The van der Waals surface area contributed by atoms with Crippen LogP contribution in [0.4, 0.5) is 0 Å². The zero-order chi connectivity index (χ0) is 20.1. The van der Waals surface area contributed by atoms with Gasteiger partial charge in [-0.3, -0.25) is 9.59 Å². The fraction of sp³-hybridized carbons (Fsp3) is 0.250. The molecule has 0 fully saturated rings. The molecule has 0 N–H and O–H groups in total. The van der Waals surface area contributed by atoms with E-state index in [4.69, 9.17) is 14.2 Å². The van der Waals surface area contributed by atoms with Gasteiger partial charge >= 0.3 is 5.97 Å². The number of hydrogen-bond donors (Lipinski definition) is 0. The monoisotopic (exact) mass is 400 g/mol. The summed E-state index contributed by atoms with van der Waals surface area (Å²) in [5.41, 5.74) is 1.24. The van der Waals surface area contributed by atoms with Crippen molar-refractivity contribution in [2.45, 2.75) is 13.0 Å². The van der Waals surface area contributed by atoms with E-state index in [1.807, 2.05) is 28.8 Å². The second-order valence-corrected chi connectivity index (χ2v) is 6.82. The molecule has 0 radical (unpaired) electrons. The van der Waals surface area contributed by atoms with Gasteiger partial charge in [-0.2, -0.15) is 4.99 Å². The Morgan fingerprint density at radius 3 is 2.57 bits per heavy atom. The Morgan fingerprint density at radius 1 is 1.07 bits per heavy atom. The number of ether oxygens (including phenoxy) is 3. The molecule has 0 saturated heterocycles. The van der Waals surface area contributed by atoms with Gasteiger partial charge in [-0.15, -0.1) is 0 Å². The molecule has 0 aliphatic rings. The molecule has 0 saturated carbocycles. The van der Waals surface area contributed by atoms with Crippen LogP contribution >= 0.6 is 11.3 Å². The van der Waals surface area contributed by atoms with Gasteiger partial charge in [-0.05, 0) is 24.3 Å². The number of methoxy groups -OCH3 is 3. The van der Waals surface area contributed by atoms with Crippen LogP contribution in [0, 0.1) is 0 Å². The molecule has 8 heteroatoms. The molecule has 0 bridgehead atoms. The Labute approximate surface area is 165 Å². The number of amides is 1. The first-order valence-electron chi connectivity index (χ1n) is 8.53. The molecule has 7 nitrogen and oxygen atoms in total. The lowest BCUT2D eigenvalue weighted by Crippen LogP contribution is -2.19. The van der Waals surface area contributed by atoms with Gasteiger partial charge in [0.25, 0.3) is 5.91 Å². The number of aryl methyl sites for hydroxylation is 1. The first-order chi connectivity index (χ1) is 13.6. The van der Waals surface area contributed by atoms with Crippen LogP contribution in [0.2, 0.25) is 0 Å². The number of thiazole rings is 1. The number of carbonyl (C=O) groups is 2. The van der Waals surface area contributed by atoms with Gasteiger partial charge in [0.15, 0.2) is 4.80 Å². The van der Waals surface area contributed by atoms with Gasteiger partial charge in [0, 0.05) is 12.6 Å². The molecule has 0 aliphatic carbocycles. The number of carbonyl (C=O) groups excluding carboxylic acids is 2. The quantitative estimate of drug-likeness (QED) is 0.594. The summed E-state index contributed by atoms with van der Waals surface area (Å²) in [6.45, 7) is 0.364. The van der Waals surface area contributed by atoms with E-state index in [2.05, 4.69) is 4.99 Å². The minimum Gasteiger partial charge on any atom is -0.497 e. The van der Waals surface area contributed by atoms with Crippen LogP contribution < -0.4 is 14.3 Å². The van der Waals surface area contributed by atoms with E-state index < -0.39 is 5.91 Å². The van der Waals surface area contributed by atoms with Crippen molar-refractivity contribution in [3.05, 3.63) is 52.8 Å². The summed E-state index contributed by atoms with van der Waals surface area (Å²) in [5, 5.41) is 0. The highest BCUT2D eigenvalue weighted by Gasteiger charge is 2.15. The van der Waals surface area contributed by atoms with Gasteiger partial charge in [0.1, 0.15) is 11.5 Å². The summed E-state index contributed by atoms with van der Waals surface area (Å²) in [4.78, 5) is 29.2. The molecule has 0 aliphatic heterocycles. The van der Waals surface area contributed by atoms with Crippen LogP contribution in [0.5, 0.6) is 11.5 Å². The molecular weight excluding hydrogens is 380 g/mol. The number of hydrogen-bond acceptors (Lipinski definition) is 6. The van der Waals surface area contributed by atoms with E-state index >= 15 is 0 Å². The fourth-order valence-corrected chi connectivity index (χ4v) is 3.80. The Bertz CT molecular complexity index is 1080. The molecule has 1 aromatic heterocycles. The van der Waals surface area contributed by atoms with E-state index in [0.29, 0.717) is 28.4 Å². The van der Waals surface area contributed by atoms with Crippen LogP contribution in [0.1, 0.15) is 16.8 Å². The zero-order valence-corrected chi connectivity index (χ0v) is 16.6. The average molecular weight is 400 g/mol. The lowest BCUT2D eigenvalue weighted by Gasteiger charge is -2.08. The van der Waals surface area contributed by atoms with Crippen molar-refractivity contribution in [2.75, 3.05) is 21.3 Å². The predicted molar refractivity (Wildman–Crippen MR) is 106 cm³/mol. The molecule has 1 amide bonds. The highest BCUT2D eigenvalue weighted by molar-refractivity contribution is 7.16. The molecule has 3 aromatic rings. The summed E-state index contributed by atoms with van der Waals surface area (Å²) >= 11 is 1.39. The topological polar surface area (TPSA) is 79.1 Å². The number of benzene rings is 2. The van der Waals surface area contributed by atoms with E-state index in [-0.39, 0.29) is 12.4 Å². The second kappa shape index (κ2) is 8.71. The summed E-state index contributed by atoms with van der Waals surface area (Å²) in [7, 11) is 4.38. The van der Waals surface area contributed by atoms with Crippen LogP contribution in [0.25, 0.3) is 10.2 Å². The molecule has 0 unspecified atom stereocenters. The van der Waals surface area contributed by atoms with Crippen LogP contribution in [0.3, 0.4) is 0 Å². The second-order valence-electron chi connectivity index (χ2n) is 5.81. The Kier molecular flexibility index (Phi) is 6.10. The van der Waals surface area contributed by atoms with E-state index in [9.17, 15) is 9.59 Å². The van der Waals surface area contributed by atoms with Crippen LogP contribution in [-0.4, -0.2) is 37.8 Å². The SMILES string of the molecule is COC(=O)CCn1c(=NC(=O)c2ccc(OC)cc2OC)sc2ccccc21. The normalized spacial score (nSPS) is 11.5. The number of esters is 1. The van der Waals surface area contributed by atoms with Crippen molar-refractivity contribution in [3.8, 4) is 11.5 Å². The Morgan fingerprint density at radius 2 is 1.86 bits per heavy atom. The summed E-state index contributed by atoms with van der Waals surface area (Å²) in [6, 6.07) is 12.6. The first kappa shape index (κ1) is 19.6. The zero-order valence-electron chi connectivity index (χ0n) is 15.8. The largest absolute Gasteiger partial charge is 0.497 e. The minimum atomic E-state index is -0.433. The minimum absolute atomic E-state index is 0.185. The first-order valence-corrected chi connectivity index (χ1v) is 9.35. The third-order valence-electron chi connectivity index (χ3n) is 4.19. The number of nitrogens with zero attached hydrogens (tertiary/aromatic N) is 2. The van der Waals surface area contributed by atoms with Crippen LogP contribution in [-0.2, 0) is 16.1 Å². The summed E-state index contributed by atoms with van der Waals surface area (Å²) in [6.07, 6.45) is 0.185. The van der Waals surface area contributed by atoms with Crippen molar-refractivity contribution in [1.82, 2.24) is 4.57 Å². The van der Waals surface area contributed by atoms with Crippen molar-refractivity contribution in [3.63, 3.8) is 0 Å². The van der Waals surface area contributed by atoms with E-state index in [1.54, 1.807) is 25.3 Å². The van der Waals surface area contributed by atoms with E-state index in [1.165, 1.54) is 25.6 Å². The van der Waals surface area contributed by atoms with Crippen molar-refractivity contribution in [2.24, 2.45) is 4.99 Å². The van der Waals surface area contributed by atoms with Gasteiger partial charge in [-0.1, -0.05) is 23.5 Å². The van der Waals surface area contributed by atoms with Crippen molar-refractivity contribution in [1.29, 1.82) is 0 Å². The standard InChI is InChI=1S/C20H20N2O5S/c1-25-13-8-9-14(16(12-13)26-2)19(24)21-20-22(11-10-18(23)27-3)15-6-4-5-7-17(15)28-20/h4-9,12H,10-11H2,1-3H3. The highest BCUT2D eigenvalue weighted by atomic mass is 32.1. The number of rotatable bonds is 6. The molecule has 2 aromatic carbocycles. The third kappa shape index (κ3) is 4.07. The van der Waals surface area contributed by atoms with E-state index in [0.717, 1.165) is 10.2 Å². The Balaban J connectivity index is 2.06. The number of fused-ring (bicyclic) bond motifs is 1. The maximum Gasteiger partial charge on any atom is 0.307 e. The Hall–Kier alpha value is -3.13. The van der Waals surface area contributed by atoms with Gasteiger partial charge in [0.05, 0.1) is 43.5 Å². The van der Waals surface area contributed by atoms with Gasteiger partial charge in [0.2, 0.25) is 0 Å². The number of aromatic nitrogens is 1. The van der Waals surface area contributed by atoms with Crippen molar-refractivity contribution >= 4 is 33.4 Å². The molecule has 28 heavy (non-hydrogen) atoms. The smallest absolute Gasteiger partial charge is 0.307 e. The third-order valence-corrected chi connectivity index (χ3v) is 5.25. The molecular formula is C20H20N2O5S. The lowest BCUT2D eigenvalue weighted by atomic mass is 10.2. The molecule has 0 atom stereocenters. The molecule has 3 rings (SSSR count). The molecule has 146 valence electrons. The average Bonchev–Trinajstić information content (AvgIpc) is 3.08. The highest BCUT2D eigenvalue weighted by Crippen LogP contribution is 2.25. The molecule has 0 spiro atoms. The summed E-state index contributed by atoms with van der Waals surface area (Å²) in [5.74, 6) is 0.216. The lowest BCUT2D eigenvalue weighted by molar-refractivity contribution is -0.140. The summed E-state index contributed by atoms with van der Waals surface area (Å²) < 4.78 is 18.0. The maximum absolute atomic E-state index is 12.8. The van der Waals surface area contributed by atoms with Gasteiger partial charge in [-0.25, -0.2) is 0 Å². The van der Waals surface area contributed by atoms with Gasteiger partial charge < -0.3 is 18.8 Å². The maximum atomic E-state index is 12.8.